The van der Waals surface area contributed by atoms with Gasteiger partial charge in [0.1, 0.15) is 5.01 Å². The Kier molecular flexibility index (Phi) is 3.42. The summed E-state index contributed by atoms with van der Waals surface area (Å²) in [6, 6.07) is 4.36. The number of methoxy groups -OCH3 is 1. The highest BCUT2D eigenvalue weighted by molar-refractivity contribution is 7.15. The van der Waals surface area contributed by atoms with E-state index in [1.807, 2.05) is 0 Å². The van der Waals surface area contributed by atoms with E-state index in [1.54, 1.807) is 6.92 Å². The van der Waals surface area contributed by atoms with Gasteiger partial charge in [0.2, 0.25) is 5.13 Å². The molecule has 1 amide bonds. The molecule has 18 heavy (non-hydrogen) atoms. The van der Waals surface area contributed by atoms with E-state index in [0.29, 0.717) is 10.7 Å². The second-order valence-corrected chi connectivity index (χ2v) is 4.65. The Morgan fingerprint density at radius 1 is 1.44 bits per heavy atom. The SMILES string of the molecule is COc1cc(C(=O)Nc2nnc(C)s2)ccc1O. The molecule has 1 aromatic heterocycles. The lowest BCUT2D eigenvalue weighted by atomic mass is 10.2. The maximum atomic E-state index is 11.9. The topological polar surface area (TPSA) is 84.3 Å². The molecule has 2 rings (SSSR count). The van der Waals surface area contributed by atoms with Crippen LogP contribution in [0.3, 0.4) is 0 Å². The van der Waals surface area contributed by atoms with E-state index >= 15 is 0 Å². The molecule has 2 aromatic rings. The molecule has 7 heteroatoms. The summed E-state index contributed by atoms with van der Waals surface area (Å²) < 4.78 is 4.93. The van der Waals surface area contributed by atoms with E-state index in [9.17, 15) is 9.90 Å². The molecule has 6 nitrogen and oxygen atoms in total. The predicted molar refractivity (Wildman–Crippen MR) is 67.3 cm³/mol. The second kappa shape index (κ2) is 5.01. The number of phenolic OH excluding ortho intramolecular Hbond substituents is 1. The van der Waals surface area contributed by atoms with E-state index in [2.05, 4.69) is 15.5 Å². The Morgan fingerprint density at radius 2 is 2.22 bits per heavy atom. The fourth-order valence-electron chi connectivity index (χ4n) is 1.34. The van der Waals surface area contributed by atoms with E-state index in [1.165, 1.54) is 36.6 Å². The maximum Gasteiger partial charge on any atom is 0.257 e. The molecule has 0 saturated carbocycles. The van der Waals surface area contributed by atoms with Crippen LogP contribution in [0.4, 0.5) is 5.13 Å². The third kappa shape index (κ3) is 2.57. The molecule has 0 fully saturated rings. The van der Waals surface area contributed by atoms with Crippen LogP contribution < -0.4 is 10.1 Å². The molecule has 0 aliphatic rings. The normalized spacial score (nSPS) is 10.1. The number of anilines is 1. The molecule has 0 unspecified atom stereocenters. The summed E-state index contributed by atoms with van der Waals surface area (Å²) in [7, 11) is 1.42. The fourth-order valence-corrected chi connectivity index (χ4v) is 1.92. The molecule has 94 valence electrons. The summed E-state index contributed by atoms with van der Waals surface area (Å²) in [5.41, 5.74) is 0.373. The van der Waals surface area contributed by atoms with Crippen LogP contribution in [0.5, 0.6) is 11.5 Å². The molecule has 0 bridgehead atoms. The number of aromatic nitrogens is 2. The minimum Gasteiger partial charge on any atom is -0.504 e. The van der Waals surface area contributed by atoms with Crippen molar-refractivity contribution in [3.63, 3.8) is 0 Å². The van der Waals surface area contributed by atoms with Gasteiger partial charge >= 0.3 is 0 Å². The van der Waals surface area contributed by atoms with Gasteiger partial charge in [-0.05, 0) is 25.1 Å². The average molecular weight is 265 g/mol. The van der Waals surface area contributed by atoms with Crippen LogP contribution >= 0.6 is 11.3 Å². The number of aromatic hydroxyl groups is 1. The first-order valence-electron chi connectivity index (χ1n) is 5.08. The van der Waals surface area contributed by atoms with Gasteiger partial charge in [-0.15, -0.1) is 10.2 Å². The van der Waals surface area contributed by atoms with Gasteiger partial charge < -0.3 is 9.84 Å². The molecule has 0 aliphatic heterocycles. The smallest absolute Gasteiger partial charge is 0.257 e. The first-order chi connectivity index (χ1) is 8.60. The lowest BCUT2D eigenvalue weighted by molar-refractivity contribution is 0.102. The number of carbonyl (C=O) groups is 1. The monoisotopic (exact) mass is 265 g/mol. The van der Waals surface area contributed by atoms with E-state index in [-0.39, 0.29) is 17.4 Å². The van der Waals surface area contributed by atoms with Crippen LogP contribution in [0.25, 0.3) is 0 Å². The average Bonchev–Trinajstić information content (AvgIpc) is 2.75. The quantitative estimate of drug-likeness (QED) is 0.884. The van der Waals surface area contributed by atoms with Gasteiger partial charge in [0, 0.05) is 5.56 Å². The van der Waals surface area contributed by atoms with E-state index in [4.69, 9.17) is 4.74 Å². The first-order valence-corrected chi connectivity index (χ1v) is 5.90. The number of carbonyl (C=O) groups excluding carboxylic acids is 1. The van der Waals surface area contributed by atoms with Gasteiger partial charge in [-0.1, -0.05) is 11.3 Å². The number of nitrogens with one attached hydrogen (secondary N) is 1. The summed E-state index contributed by atoms with van der Waals surface area (Å²) in [5, 5.41) is 20.9. The van der Waals surface area contributed by atoms with Crippen molar-refractivity contribution in [3.8, 4) is 11.5 Å². The minimum absolute atomic E-state index is 0.0131. The van der Waals surface area contributed by atoms with Crippen LogP contribution in [0.15, 0.2) is 18.2 Å². The van der Waals surface area contributed by atoms with Crippen LogP contribution in [0, 0.1) is 6.92 Å². The predicted octanol–water partition coefficient (Wildman–Crippen LogP) is 1.81. The molecule has 0 radical (unpaired) electrons. The van der Waals surface area contributed by atoms with Crippen molar-refractivity contribution in [2.45, 2.75) is 6.92 Å². The van der Waals surface area contributed by atoms with Gasteiger partial charge in [0.05, 0.1) is 7.11 Å². The zero-order valence-corrected chi connectivity index (χ0v) is 10.6. The van der Waals surface area contributed by atoms with Crippen molar-refractivity contribution in [1.82, 2.24) is 10.2 Å². The Balaban J connectivity index is 2.18. The van der Waals surface area contributed by atoms with Crippen LogP contribution in [0.1, 0.15) is 15.4 Å². The third-order valence-corrected chi connectivity index (χ3v) is 2.94. The van der Waals surface area contributed by atoms with Crippen LogP contribution in [0.2, 0.25) is 0 Å². The summed E-state index contributed by atoms with van der Waals surface area (Å²) in [6.07, 6.45) is 0. The molecule has 2 N–H and O–H groups in total. The van der Waals surface area contributed by atoms with Crippen molar-refractivity contribution in [1.29, 1.82) is 0 Å². The molecule has 1 heterocycles. The summed E-state index contributed by atoms with van der Waals surface area (Å²) in [6.45, 7) is 1.80. The lowest BCUT2D eigenvalue weighted by Crippen LogP contribution is -2.11. The number of ether oxygens (including phenoxy) is 1. The number of amides is 1. The minimum atomic E-state index is -0.329. The zero-order valence-electron chi connectivity index (χ0n) is 9.80. The van der Waals surface area contributed by atoms with Crippen molar-refractivity contribution < 1.29 is 14.6 Å². The number of hydrogen-bond donors (Lipinski definition) is 2. The summed E-state index contributed by atoms with van der Waals surface area (Å²) in [4.78, 5) is 11.9. The lowest BCUT2D eigenvalue weighted by Gasteiger charge is -2.05. The highest BCUT2D eigenvalue weighted by atomic mass is 32.1. The Morgan fingerprint density at radius 3 is 2.83 bits per heavy atom. The number of benzene rings is 1. The van der Waals surface area contributed by atoms with Gasteiger partial charge in [-0.3, -0.25) is 10.1 Å². The number of aryl methyl sites for hydroxylation is 1. The standard InChI is InChI=1S/C11H11N3O3S/c1-6-13-14-11(18-6)12-10(16)7-3-4-8(15)9(5-7)17-2/h3-5,15H,1-2H3,(H,12,14,16). The van der Waals surface area contributed by atoms with Crippen LogP contribution in [-0.2, 0) is 0 Å². The molecular weight excluding hydrogens is 254 g/mol. The number of hydrogen-bond acceptors (Lipinski definition) is 6. The van der Waals surface area contributed by atoms with Gasteiger partial charge in [-0.25, -0.2) is 0 Å². The first kappa shape index (κ1) is 12.3. The molecular formula is C11H11N3O3S. The molecule has 1 aromatic carbocycles. The number of phenols is 1. The van der Waals surface area contributed by atoms with Gasteiger partial charge in [0.25, 0.3) is 5.91 Å². The number of nitrogens with zero attached hydrogens (tertiary/aromatic N) is 2. The van der Waals surface area contributed by atoms with E-state index in [0.717, 1.165) is 5.01 Å². The summed E-state index contributed by atoms with van der Waals surface area (Å²) in [5.74, 6) is -0.0960. The largest absolute Gasteiger partial charge is 0.504 e. The summed E-state index contributed by atoms with van der Waals surface area (Å²) >= 11 is 1.29. The highest BCUT2D eigenvalue weighted by Gasteiger charge is 2.11. The van der Waals surface area contributed by atoms with Crippen molar-refractivity contribution in [2.75, 3.05) is 12.4 Å². The highest BCUT2D eigenvalue weighted by Crippen LogP contribution is 2.26. The Bertz CT molecular complexity index is 583. The fraction of sp³-hybridized carbons (Fsp3) is 0.182. The molecule has 0 aliphatic carbocycles. The van der Waals surface area contributed by atoms with E-state index < -0.39 is 0 Å². The van der Waals surface area contributed by atoms with Crippen molar-refractivity contribution in [2.24, 2.45) is 0 Å². The molecule has 0 atom stereocenters. The maximum absolute atomic E-state index is 11.9. The third-order valence-electron chi connectivity index (χ3n) is 2.19. The zero-order chi connectivity index (χ0) is 13.1. The second-order valence-electron chi connectivity index (χ2n) is 3.47. The number of rotatable bonds is 3. The molecule has 0 spiro atoms. The van der Waals surface area contributed by atoms with Crippen LogP contribution in [-0.4, -0.2) is 28.3 Å². The van der Waals surface area contributed by atoms with Gasteiger partial charge in [0.15, 0.2) is 11.5 Å². The Labute approximate surface area is 107 Å². The molecule has 0 saturated heterocycles. The Hall–Kier alpha value is -2.15. The van der Waals surface area contributed by atoms with Crippen molar-refractivity contribution >= 4 is 22.4 Å². The van der Waals surface area contributed by atoms with Crippen molar-refractivity contribution in [3.05, 3.63) is 28.8 Å². The van der Waals surface area contributed by atoms with Gasteiger partial charge in [-0.2, -0.15) is 0 Å².